The lowest BCUT2D eigenvalue weighted by Gasteiger charge is -2.26. The number of amides is 2. The zero-order valence-corrected chi connectivity index (χ0v) is 18.6. The molecule has 0 saturated carbocycles. The van der Waals surface area contributed by atoms with Gasteiger partial charge in [-0.3, -0.25) is 14.4 Å². The van der Waals surface area contributed by atoms with E-state index in [1.54, 1.807) is 24.3 Å². The number of piperidine rings is 1. The molecule has 0 aliphatic carbocycles. The number of nitrogens with one attached hydrogen (secondary N) is 1. The average Bonchev–Trinajstić information content (AvgIpc) is 2.83. The number of rotatable bonds is 10. The predicted octanol–water partition coefficient (Wildman–Crippen LogP) is 4.60. The number of carbonyl (C=O) groups is 3. The van der Waals surface area contributed by atoms with E-state index in [2.05, 4.69) is 17.4 Å². The fourth-order valence-corrected chi connectivity index (χ4v) is 3.77. The molecular formula is C26H32N2O4. The predicted molar refractivity (Wildman–Crippen MR) is 124 cm³/mol. The average molecular weight is 437 g/mol. The maximum Gasteiger partial charge on any atom is 0.305 e. The maximum absolute atomic E-state index is 12.5. The van der Waals surface area contributed by atoms with E-state index >= 15 is 0 Å². The van der Waals surface area contributed by atoms with Gasteiger partial charge >= 0.3 is 5.97 Å². The van der Waals surface area contributed by atoms with Crippen LogP contribution >= 0.6 is 0 Å². The molecular weight excluding hydrogens is 404 g/mol. The van der Waals surface area contributed by atoms with Crippen LogP contribution < -0.4 is 5.32 Å². The van der Waals surface area contributed by atoms with Crippen molar-refractivity contribution in [3.8, 4) is 0 Å². The monoisotopic (exact) mass is 436 g/mol. The largest absolute Gasteiger partial charge is 0.466 e. The lowest BCUT2D eigenvalue weighted by atomic mass is 10.1. The van der Waals surface area contributed by atoms with Crippen LogP contribution in [0.3, 0.4) is 0 Å². The zero-order valence-electron chi connectivity index (χ0n) is 18.6. The number of esters is 1. The maximum atomic E-state index is 12.5. The summed E-state index contributed by atoms with van der Waals surface area (Å²) in [5.41, 5.74) is 2.51. The smallest absolute Gasteiger partial charge is 0.305 e. The Bertz CT molecular complexity index is 874. The molecule has 1 fully saturated rings. The third kappa shape index (κ3) is 7.84. The zero-order chi connectivity index (χ0) is 22.6. The summed E-state index contributed by atoms with van der Waals surface area (Å²) in [7, 11) is 0. The Labute approximate surface area is 189 Å². The lowest BCUT2D eigenvalue weighted by Crippen LogP contribution is -2.35. The minimum Gasteiger partial charge on any atom is -0.466 e. The highest BCUT2D eigenvalue weighted by Crippen LogP contribution is 2.16. The van der Waals surface area contributed by atoms with E-state index in [1.165, 1.54) is 12.0 Å². The Morgan fingerprint density at radius 1 is 0.844 bits per heavy atom. The van der Waals surface area contributed by atoms with Gasteiger partial charge in [-0.05, 0) is 68.4 Å². The molecule has 0 spiro atoms. The minimum atomic E-state index is -0.272. The van der Waals surface area contributed by atoms with Crippen molar-refractivity contribution in [1.29, 1.82) is 0 Å². The van der Waals surface area contributed by atoms with Crippen molar-refractivity contribution >= 4 is 23.5 Å². The second kappa shape index (κ2) is 12.6. The normalized spacial score (nSPS) is 13.4. The Hall–Kier alpha value is -3.15. The van der Waals surface area contributed by atoms with Gasteiger partial charge in [-0.15, -0.1) is 0 Å². The quantitative estimate of drug-likeness (QED) is 0.436. The summed E-state index contributed by atoms with van der Waals surface area (Å²) in [4.78, 5) is 38.4. The van der Waals surface area contributed by atoms with E-state index < -0.39 is 0 Å². The molecule has 1 N–H and O–H groups in total. The molecule has 3 rings (SSSR count). The van der Waals surface area contributed by atoms with Gasteiger partial charge < -0.3 is 15.0 Å². The molecule has 1 saturated heterocycles. The van der Waals surface area contributed by atoms with Crippen LogP contribution in [-0.4, -0.2) is 42.4 Å². The van der Waals surface area contributed by atoms with E-state index in [0.29, 0.717) is 24.3 Å². The summed E-state index contributed by atoms with van der Waals surface area (Å²) in [6.07, 6.45) is 5.86. The Kier molecular flexibility index (Phi) is 9.29. The van der Waals surface area contributed by atoms with Crippen LogP contribution in [0, 0.1) is 0 Å². The van der Waals surface area contributed by atoms with Crippen LogP contribution in [0.1, 0.15) is 60.9 Å². The third-order valence-corrected chi connectivity index (χ3v) is 5.56. The van der Waals surface area contributed by atoms with Gasteiger partial charge in [0.05, 0.1) is 6.61 Å². The van der Waals surface area contributed by atoms with E-state index in [9.17, 15) is 14.4 Å². The van der Waals surface area contributed by atoms with Crippen molar-refractivity contribution in [2.75, 3.05) is 25.0 Å². The van der Waals surface area contributed by atoms with Gasteiger partial charge in [-0.1, -0.05) is 30.3 Å². The molecule has 0 bridgehead atoms. The van der Waals surface area contributed by atoms with Crippen molar-refractivity contribution in [3.63, 3.8) is 0 Å². The summed E-state index contributed by atoms with van der Waals surface area (Å²) in [5.74, 6) is -0.381. The van der Waals surface area contributed by atoms with Gasteiger partial charge in [0, 0.05) is 37.2 Å². The fourth-order valence-electron chi connectivity index (χ4n) is 3.77. The minimum absolute atomic E-state index is 0.0462. The highest BCUT2D eigenvalue weighted by Gasteiger charge is 2.18. The summed E-state index contributed by atoms with van der Waals surface area (Å²) >= 11 is 0. The number of aryl methyl sites for hydroxylation is 1. The van der Waals surface area contributed by atoms with Crippen LogP contribution in [0.15, 0.2) is 54.6 Å². The molecule has 6 nitrogen and oxygen atoms in total. The summed E-state index contributed by atoms with van der Waals surface area (Å²) in [5, 5.41) is 2.82. The van der Waals surface area contributed by atoms with Gasteiger partial charge in [0.1, 0.15) is 0 Å². The number of likely N-dealkylation sites (tertiary alicyclic amines) is 1. The van der Waals surface area contributed by atoms with Crippen LogP contribution in [0.5, 0.6) is 0 Å². The molecule has 0 radical (unpaired) electrons. The lowest BCUT2D eigenvalue weighted by molar-refractivity contribution is -0.143. The standard InChI is InChI=1S/C26H32N2O4/c29-24(12-7-13-25(30)32-20-8-11-21-9-3-1-4-10-21)27-23-16-14-22(15-17-23)26(31)28-18-5-2-6-19-28/h1,3-4,9-10,14-17H,2,5-8,11-13,18-20H2,(H,27,29). The van der Waals surface area contributed by atoms with E-state index in [4.69, 9.17) is 4.74 Å². The topological polar surface area (TPSA) is 75.7 Å². The van der Waals surface area contributed by atoms with Crippen LogP contribution in [0.4, 0.5) is 5.69 Å². The molecule has 2 amide bonds. The number of carbonyl (C=O) groups excluding carboxylic acids is 3. The van der Waals surface area contributed by atoms with Crippen molar-refractivity contribution in [2.45, 2.75) is 51.4 Å². The molecule has 32 heavy (non-hydrogen) atoms. The van der Waals surface area contributed by atoms with Gasteiger partial charge in [0.25, 0.3) is 5.91 Å². The first-order valence-electron chi connectivity index (χ1n) is 11.5. The summed E-state index contributed by atoms with van der Waals surface area (Å²) in [6, 6.07) is 17.1. The van der Waals surface area contributed by atoms with Crippen molar-refractivity contribution in [3.05, 3.63) is 65.7 Å². The summed E-state index contributed by atoms with van der Waals surface area (Å²) < 4.78 is 5.24. The van der Waals surface area contributed by atoms with Crippen LogP contribution in [0.25, 0.3) is 0 Å². The van der Waals surface area contributed by atoms with Crippen LogP contribution in [0.2, 0.25) is 0 Å². The van der Waals surface area contributed by atoms with Crippen molar-refractivity contribution in [1.82, 2.24) is 4.90 Å². The van der Waals surface area contributed by atoms with Crippen molar-refractivity contribution in [2.24, 2.45) is 0 Å². The molecule has 0 atom stereocenters. The number of ether oxygens (including phenoxy) is 1. The molecule has 6 heteroatoms. The molecule has 1 aliphatic rings. The molecule has 1 heterocycles. The first-order chi connectivity index (χ1) is 15.6. The van der Waals surface area contributed by atoms with Gasteiger partial charge in [0.2, 0.25) is 5.91 Å². The third-order valence-electron chi connectivity index (χ3n) is 5.56. The van der Waals surface area contributed by atoms with Crippen molar-refractivity contribution < 1.29 is 19.1 Å². The van der Waals surface area contributed by atoms with E-state index in [1.807, 2.05) is 23.1 Å². The highest BCUT2D eigenvalue weighted by molar-refractivity contribution is 5.96. The molecule has 170 valence electrons. The SMILES string of the molecule is O=C(CCCC(=O)OCCCc1ccccc1)Nc1ccc(C(=O)N2CCCCC2)cc1. The molecule has 0 aromatic heterocycles. The first-order valence-corrected chi connectivity index (χ1v) is 11.5. The van der Waals surface area contributed by atoms with Gasteiger partial charge in [-0.25, -0.2) is 0 Å². The number of anilines is 1. The highest BCUT2D eigenvalue weighted by atomic mass is 16.5. The number of nitrogens with zero attached hydrogens (tertiary/aromatic N) is 1. The molecule has 2 aromatic rings. The van der Waals surface area contributed by atoms with E-state index in [-0.39, 0.29) is 30.6 Å². The van der Waals surface area contributed by atoms with Gasteiger partial charge in [0.15, 0.2) is 0 Å². The molecule has 0 unspecified atom stereocenters. The number of hydrogen-bond donors (Lipinski definition) is 1. The van der Waals surface area contributed by atoms with Gasteiger partial charge in [-0.2, -0.15) is 0 Å². The molecule has 2 aromatic carbocycles. The Morgan fingerprint density at radius 2 is 1.56 bits per heavy atom. The Morgan fingerprint density at radius 3 is 2.28 bits per heavy atom. The number of benzene rings is 2. The molecule has 1 aliphatic heterocycles. The second-order valence-corrected chi connectivity index (χ2v) is 8.14. The van der Waals surface area contributed by atoms with Crippen LogP contribution in [-0.2, 0) is 20.7 Å². The first kappa shape index (κ1) is 23.5. The Balaban J connectivity index is 1.29. The fraction of sp³-hybridized carbons (Fsp3) is 0.423. The number of hydrogen-bond acceptors (Lipinski definition) is 4. The summed E-state index contributed by atoms with van der Waals surface area (Å²) in [6.45, 7) is 2.02. The second-order valence-electron chi connectivity index (χ2n) is 8.14. The van der Waals surface area contributed by atoms with E-state index in [0.717, 1.165) is 38.8 Å².